The van der Waals surface area contributed by atoms with Gasteiger partial charge in [0, 0.05) is 43.1 Å². The summed E-state index contributed by atoms with van der Waals surface area (Å²) in [5.74, 6) is -0.734. The van der Waals surface area contributed by atoms with Crippen molar-refractivity contribution in [3.63, 3.8) is 0 Å². The summed E-state index contributed by atoms with van der Waals surface area (Å²) in [6, 6.07) is 7.51. The fourth-order valence-corrected chi connectivity index (χ4v) is 4.14. The molecule has 1 fully saturated rings. The van der Waals surface area contributed by atoms with Crippen molar-refractivity contribution in [2.24, 2.45) is 0 Å². The van der Waals surface area contributed by atoms with Crippen LogP contribution in [0.4, 0.5) is 0 Å². The van der Waals surface area contributed by atoms with Gasteiger partial charge in [0.1, 0.15) is 11.1 Å². The number of hydrogen-bond donors (Lipinski definition) is 1. The summed E-state index contributed by atoms with van der Waals surface area (Å²) in [7, 11) is 0. The minimum absolute atomic E-state index is 0.0112. The molecule has 0 spiro atoms. The SMILES string of the molecule is CCC(C)n1cc(C(=O)NCCc2cccc(Cl)c2)c(=O)c(C(=O)N2CCCCCC2)c1. The maximum atomic E-state index is 13.2. The lowest BCUT2D eigenvalue weighted by molar-refractivity contribution is 0.0759. The summed E-state index contributed by atoms with van der Waals surface area (Å²) in [5, 5.41) is 3.47. The van der Waals surface area contributed by atoms with E-state index < -0.39 is 11.3 Å². The monoisotopic (exact) mass is 457 g/mol. The highest BCUT2D eigenvalue weighted by atomic mass is 35.5. The van der Waals surface area contributed by atoms with Gasteiger partial charge in [0.2, 0.25) is 5.43 Å². The molecular formula is C25H32ClN3O3. The van der Waals surface area contributed by atoms with Gasteiger partial charge in [-0.05, 0) is 50.3 Å². The summed E-state index contributed by atoms with van der Waals surface area (Å²) in [6.07, 6.45) is 8.67. The van der Waals surface area contributed by atoms with Gasteiger partial charge in [-0.3, -0.25) is 14.4 Å². The summed E-state index contributed by atoms with van der Waals surface area (Å²) in [6.45, 7) is 5.71. The first-order valence-electron chi connectivity index (χ1n) is 11.5. The molecule has 2 amide bonds. The van der Waals surface area contributed by atoms with E-state index in [4.69, 9.17) is 11.6 Å². The molecule has 1 unspecified atom stereocenters. The number of rotatable bonds is 7. The Morgan fingerprint density at radius 3 is 2.44 bits per heavy atom. The molecule has 0 radical (unpaired) electrons. The van der Waals surface area contributed by atoms with Crippen LogP contribution in [0.3, 0.4) is 0 Å². The predicted molar refractivity (Wildman–Crippen MR) is 128 cm³/mol. The largest absolute Gasteiger partial charge is 0.352 e. The topological polar surface area (TPSA) is 71.4 Å². The van der Waals surface area contributed by atoms with E-state index in [1.165, 1.54) is 0 Å². The predicted octanol–water partition coefficient (Wildman–Crippen LogP) is 4.46. The lowest BCUT2D eigenvalue weighted by Gasteiger charge is -2.22. The highest BCUT2D eigenvalue weighted by Crippen LogP contribution is 2.16. The van der Waals surface area contributed by atoms with Crippen LogP contribution in [0, 0.1) is 0 Å². The molecule has 3 rings (SSSR count). The number of pyridine rings is 1. The molecule has 0 bridgehead atoms. The van der Waals surface area contributed by atoms with Crippen molar-refractivity contribution in [2.75, 3.05) is 19.6 Å². The smallest absolute Gasteiger partial charge is 0.259 e. The fourth-order valence-electron chi connectivity index (χ4n) is 3.93. The number of nitrogens with zero attached hydrogens (tertiary/aromatic N) is 2. The molecule has 6 nitrogen and oxygen atoms in total. The number of carbonyl (C=O) groups excluding carboxylic acids is 2. The fraction of sp³-hybridized carbons (Fsp3) is 0.480. The first-order chi connectivity index (χ1) is 15.4. The van der Waals surface area contributed by atoms with Crippen LogP contribution in [0.5, 0.6) is 0 Å². The van der Waals surface area contributed by atoms with E-state index in [0.717, 1.165) is 37.7 Å². The van der Waals surface area contributed by atoms with Gasteiger partial charge in [0.15, 0.2) is 0 Å². The number of aromatic nitrogens is 1. The van der Waals surface area contributed by atoms with E-state index in [1.807, 2.05) is 36.6 Å². The molecule has 1 atom stereocenters. The minimum atomic E-state index is -0.501. The van der Waals surface area contributed by atoms with Crippen LogP contribution in [0.15, 0.2) is 41.5 Å². The zero-order chi connectivity index (χ0) is 23.1. The second-order valence-corrected chi connectivity index (χ2v) is 8.90. The zero-order valence-corrected chi connectivity index (χ0v) is 19.7. The van der Waals surface area contributed by atoms with Crippen molar-refractivity contribution in [1.29, 1.82) is 0 Å². The Labute approximate surface area is 194 Å². The van der Waals surface area contributed by atoms with Crippen molar-refractivity contribution in [3.05, 3.63) is 68.6 Å². The Hall–Kier alpha value is -2.60. The molecule has 1 aromatic carbocycles. The molecule has 1 saturated heterocycles. The average Bonchev–Trinajstić information content (AvgIpc) is 3.08. The van der Waals surface area contributed by atoms with Crippen molar-refractivity contribution in [1.82, 2.24) is 14.8 Å². The number of hydrogen-bond acceptors (Lipinski definition) is 3. The van der Waals surface area contributed by atoms with E-state index in [1.54, 1.807) is 23.4 Å². The zero-order valence-electron chi connectivity index (χ0n) is 18.9. The number of nitrogens with one attached hydrogen (secondary N) is 1. The van der Waals surface area contributed by atoms with E-state index in [-0.39, 0.29) is 23.1 Å². The summed E-state index contributed by atoms with van der Waals surface area (Å²) >= 11 is 6.02. The van der Waals surface area contributed by atoms with Crippen LogP contribution in [0.25, 0.3) is 0 Å². The van der Waals surface area contributed by atoms with E-state index >= 15 is 0 Å². The number of carbonyl (C=O) groups is 2. The second kappa shape index (κ2) is 11.3. The molecule has 2 heterocycles. The lowest BCUT2D eigenvalue weighted by Crippen LogP contribution is -2.38. The van der Waals surface area contributed by atoms with Gasteiger partial charge in [-0.15, -0.1) is 0 Å². The molecule has 1 aliphatic rings. The standard InChI is InChI=1S/C25H32ClN3O3/c1-3-18(2)29-16-21(24(31)27-12-11-19-9-8-10-20(26)15-19)23(30)22(17-29)25(32)28-13-6-4-5-7-14-28/h8-10,15-18H,3-7,11-14H2,1-2H3,(H,27,31). The molecule has 172 valence electrons. The molecule has 1 aliphatic heterocycles. The van der Waals surface area contributed by atoms with Crippen molar-refractivity contribution in [2.45, 2.75) is 58.4 Å². The molecule has 0 aliphatic carbocycles. The van der Waals surface area contributed by atoms with Crippen LogP contribution in [0.1, 0.15) is 78.3 Å². The summed E-state index contributed by atoms with van der Waals surface area (Å²) < 4.78 is 1.82. The third-order valence-corrected chi connectivity index (χ3v) is 6.34. The Bertz CT molecular complexity index is 1010. The van der Waals surface area contributed by atoms with Gasteiger partial charge in [0.05, 0.1) is 0 Å². The Morgan fingerprint density at radius 2 is 1.78 bits per heavy atom. The van der Waals surface area contributed by atoms with E-state index in [9.17, 15) is 14.4 Å². The second-order valence-electron chi connectivity index (χ2n) is 8.46. The molecular weight excluding hydrogens is 426 g/mol. The molecule has 1 N–H and O–H groups in total. The quantitative estimate of drug-likeness (QED) is 0.667. The Balaban J connectivity index is 1.83. The minimum Gasteiger partial charge on any atom is -0.352 e. The Kier molecular flexibility index (Phi) is 8.51. The summed E-state index contributed by atoms with van der Waals surface area (Å²) in [4.78, 5) is 41.1. The van der Waals surface area contributed by atoms with Crippen molar-refractivity contribution >= 4 is 23.4 Å². The number of amides is 2. The molecule has 2 aromatic rings. The van der Waals surface area contributed by atoms with Crippen molar-refractivity contribution in [3.8, 4) is 0 Å². The summed E-state index contributed by atoms with van der Waals surface area (Å²) in [5.41, 5.74) is 0.589. The van der Waals surface area contributed by atoms with Gasteiger partial charge in [-0.2, -0.15) is 0 Å². The number of likely N-dealkylation sites (tertiary alicyclic amines) is 1. The third kappa shape index (κ3) is 6.00. The lowest BCUT2D eigenvalue weighted by atomic mass is 10.1. The third-order valence-electron chi connectivity index (χ3n) is 6.10. The van der Waals surface area contributed by atoms with Gasteiger partial charge in [-0.25, -0.2) is 0 Å². The van der Waals surface area contributed by atoms with Crippen LogP contribution in [-0.2, 0) is 6.42 Å². The van der Waals surface area contributed by atoms with Gasteiger partial charge < -0.3 is 14.8 Å². The molecule has 1 aromatic heterocycles. The maximum absolute atomic E-state index is 13.2. The van der Waals surface area contributed by atoms with Crippen LogP contribution in [-0.4, -0.2) is 40.9 Å². The molecule has 7 heteroatoms. The van der Waals surface area contributed by atoms with E-state index in [0.29, 0.717) is 31.1 Å². The highest BCUT2D eigenvalue weighted by molar-refractivity contribution is 6.30. The van der Waals surface area contributed by atoms with Crippen molar-refractivity contribution < 1.29 is 9.59 Å². The Morgan fingerprint density at radius 1 is 1.09 bits per heavy atom. The van der Waals surface area contributed by atoms with Crippen LogP contribution < -0.4 is 10.7 Å². The first kappa shape index (κ1) is 24.1. The van der Waals surface area contributed by atoms with E-state index in [2.05, 4.69) is 5.32 Å². The maximum Gasteiger partial charge on any atom is 0.259 e. The van der Waals surface area contributed by atoms with Crippen LogP contribution >= 0.6 is 11.6 Å². The van der Waals surface area contributed by atoms with Gasteiger partial charge in [0.25, 0.3) is 11.8 Å². The normalized spacial score (nSPS) is 15.2. The number of halogens is 1. The molecule has 32 heavy (non-hydrogen) atoms. The highest BCUT2D eigenvalue weighted by Gasteiger charge is 2.24. The van der Waals surface area contributed by atoms with Crippen LogP contribution in [0.2, 0.25) is 5.02 Å². The molecule has 0 saturated carbocycles. The number of benzene rings is 1. The first-order valence-corrected chi connectivity index (χ1v) is 11.9. The van der Waals surface area contributed by atoms with Gasteiger partial charge >= 0.3 is 0 Å². The average molecular weight is 458 g/mol. The van der Waals surface area contributed by atoms with Gasteiger partial charge in [-0.1, -0.05) is 43.5 Å².